The Morgan fingerprint density at radius 1 is 1.06 bits per heavy atom. The number of hydrogen-bond acceptors (Lipinski definition) is 1. The molecule has 1 atom stereocenters. The van der Waals surface area contributed by atoms with Crippen LogP contribution in [-0.4, -0.2) is 0 Å². The average molecular weight is 223 g/mol. The standard InChI is InChI=1S/C16H17N/c1-12(2)15(11-17)10-14-8-5-7-13-6-3-4-9-16(13)14/h3-9,12,15H,10H2,1-2H3. The van der Waals surface area contributed by atoms with Crippen molar-refractivity contribution in [3.63, 3.8) is 0 Å². The van der Waals surface area contributed by atoms with Crippen molar-refractivity contribution in [1.29, 1.82) is 5.26 Å². The molecule has 0 aliphatic rings. The summed E-state index contributed by atoms with van der Waals surface area (Å²) in [6.45, 7) is 4.22. The summed E-state index contributed by atoms with van der Waals surface area (Å²) in [4.78, 5) is 0. The van der Waals surface area contributed by atoms with Gasteiger partial charge in [0.05, 0.1) is 12.0 Å². The van der Waals surface area contributed by atoms with Gasteiger partial charge in [0.25, 0.3) is 0 Å². The van der Waals surface area contributed by atoms with E-state index < -0.39 is 0 Å². The topological polar surface area (TPSA) is 23.8 Å². The quantitative estimate of drug-likeness (QED) is 0.765. The number of benzene rings is 2. The molecular formula is C16H17N. The second-order valence-corrected chi connectivity index (χ2v) is 4.82. The van der Waals surface area contributed by atoms with E-state index in [1.165, 1.54) is 16.3 Å². The summed E-state index contributed by atoms with van der Waals surface area (Å²) >= 11 is 0. The SMILES string of the molecule is CC(C)C(C#N)Cc1cccc2ccccc12. The fraction of sp³-hybridized carbons (Fsp3) is 0.312. The van der Waals surface area contributed by atoms with E-state index >= 15 is 0 Å². The lowest BCUT2D eigenvalue weighted by molar-refractivity contribution is 0.475. The normalized spacial score (nSPS) is 12.6. The summed E-state index contributed by atoms with van der Waals surface area (Å²) in [7, 11) is 0. The van der Waals surface area contributed by atoms with Gasteiger partial charge in [0.15, 0.2) is 0 Å². The van der Waals surface area contributed by atoms with Gasteiger partial charge >= 0.3 is 0 Å². The number of nitrogens with zero attached hydrogens (tertiary/aromatic N) is 1. The third kappa shape index (κ3) is 2.47. The molecule has 0 fully saturated rings. The van der Waals surface area contributed by atoms with Gasteiger partial charge in [-0.15, -0.1) is 0 Å². The van der Waals surface area contributed by atoms with Crippen LogP contribution in [0.25, 0.3) is 10.8 Å². The maximum Gasteiger partial charge on any atom is 0.0661 e. The molecule has 1 nitrogen and oxygen atoms in total. The Kier molecular flexibility index (Phi) is 3.44. The van der Waals surface area contributed by atoms with Gasteiger partial charge in [-0.05, 0) is 28.7 Å². The first kappa shape index (κ1) is 11.7. The van der Waals surface area contributed by atoms with Crippen molar-refractivity contribution in [2.24, 2.45) is 11.8 Å². The smallest absolute Gasteiger partial charge is 0.0661 e. The second kappa shape index (κ2) is 5.01. The van der Waals surface area contributed by atoms with Crippen molar-refractivity contribution in [3.05, 3.63) is 48.0 Å². The summed E-state index contributed by atoms with van der Waals surface area (Å²) in [5.41, 5.74) is 1.28. The molecule has 2 rings (SSSR count). The minimum absolute atomic E-state index is 0.0980. The van der Waals surface area contributed by atoms with Crippen LogP contribution in [0.5, 0.6) is 0 Å². The third-order valence-electron chi connectivity index (χ3n) is 3.29. The molecule has 86 valence electrons. The van der Waals surface area contributed by atoms with E-state index in [-0.39, 0.29) is 5.92 Å². The van der Waals surface area contributed by atoms with Crippen LogP contribution in [0.3, 0.4) is 0 Å². The molecule has 0 heterocycles. The average Bonchev–Trinajstić information content (AvgIpc) is 2.35. The van der Waals surface area contributed by atoms with Crippen LogP contribution in [0.15, 0.2) is 42.5 Å². The fourth-order valence-electron chi connectivity index (χ4n) is 2.14. The van der Waals surface area contributed by atoms with E-state index in [9.17, 15) is 5.26 Å². The van der Waals surface area contributed by atoms with Crippen LogP contribution in [0.4, 0.5) is 0 Å². The van der Waals surface area contributed by atoms with Gasteiger partial charge in [0, 0.05) is 0 Å². The molecule has 0 N–H and O–H groups in total. The van der Waals surface area contributed by atoms with Gasteiger partial charge in [-0.1, -0.05) is 56.3 Å². The Balaban J connectivity index is 2.39. The number of fused-ring (bicyclic) bond motifs is 1. The Morgan fingerprint density at radius 3 is 2.47 bits per heavy atom. The van der Waals surface area contributed by atoms with Crippen molar-refractivity contribution in [1.82, 2.24) is 0 Å². The lowest BCUT2D eigenvalue weighted by Crippen LogP contribution is -2.09. The largest absolute Gasteiger partial charge is 0.198 e. The van der Waals surface area contributed by atoms with Crippen molar-refractivity contribution in [2.45, 2.75) is 20.3 Å². The Hall–Kier alpha value is -1.81. The van der Waals surface area contributed by atoms with Gasteiger partial charge in [-0.2, -0.15) is 5.26 Å². The summed E-state index contributed by atoms with van der Waals surface area (Å²) in [6.07, 6.45) is 0.843. The predicted molar refractivity (Wildman–Crippen MR) is 71.6 cm³/mol. The van der Waals surface area contributed by atoms with E-state index in [0.29, 0.717) is 5.92 Å². The summed E-state index contributed by atoms with van der Waals surface area (Å²) in [6, 6.07) is 17.1. The summed E-state index contributed by atoms with van der Waals surface area (Å²) < 4.78 is 0. The Labute approximate surface area is 103 Å². The fourth-order valence-corrected chi connectivity index (χ4v) is 2.14. The highest BCUT2D eigenvalue weighted by atomic mass is 14.3. The molecule has 1 unspecified atom stereocenters. The van der Waals surface area contributed by atoms with Crippen molar-refractivity contribution in [3.8, 4) is 6.07 Å². The highest BCUT2D eigenvalue weighted by Crippen LogP contribution is 2.23. The monoisotopic (exact) mass is 223 g/mol. The van der Waals surface area contributed by atoms with E-state index in [2.05, 4.69) is 62.4 Å². The Morgan fingerprint density at radius 2 is 1.76 bits per heavy atom. The van der Waals surface area contributed by atoms with Gasteiger partial charge in [0.1, 0.15) is 0 Å². The zero-order valence-electron chi connectivity index (χ0n) is 10.4. The molecule has 0 radical (unpaired) electrons. The molecule has 0 aromatic heterocycles. The number of nitriles is 1. The summed E-state index contributed by atoms with van der Waals surface area (Å²) in [5, 5.41) is 11.7. The van der Waals surface area contributed by atoms with Crippen LogP contribution in [0.1, 0.15) is 19.4 Å². The zero-order valence-corrected chi connectivity index (χ0v) is 10.4. The molecule has 1 heteroatoms. The molecular weight excluding hydrogens is 206 g/mol. The molecule has 0 bridgehead atoms. The number of rotatable bonds is 3. The van der Waals surface area contributed by atoms with E-state index in [0.717, 1.165) is 6.42 Å². The van der Waals surface area contributed by atoms with Gasteiger partial charge in [-0.3, -0.25) is 0 Å². The molecule has 2 aromatic rings. The maximum atomic E-state index is 9.18. The first-order valence-corrected chi connectivity index (χ1v) is 6.08. The molecule has 0 aliphatic heterocycles. The summed E-state index contributed by atoms with van der Waals surface area (Å²) in [5.74, 6) is 0.500. The highest BCUT2D eigenvalue weighted by molar-refractivity contribution is 5.85. The lowest BCUT2D eigenvalue weighted by atomic mass is 9.88. The van der Waals surface area contributed by atoms with Gasteiger partial charge < -0.3 is 0 Å². The van der Waals surface area contributed by atoms with Crippen molar-refractivity contribution < 1.29 is 0 Å². The first-order valence-electron chi connectivity index (χ1n) is 6.08. The van der Waals surface area contributed by atoms with Gasteiger partial charge in [0.2, 0.25) is 0 Å². The van der Waals surface area contributed by atoms with Gasteiger partial charge in [-0.25, -0.2) is 0 Å². The molecule has 0 aliphatic carbocycles. The zero-order chi connectivity index (χ0) is 12.3. The molecule has 0 saturated carbocycles. The van der Waals surface area contributed by atoms with Crippen LogP contribution >= 0.6 is 0 Å². The van der Waals surface area contributed by atoms with Crippen LogP contribution in [0, 0.1) is 23.2 Å². The first-order chi connectivity index (χ1) is 8.22. The Bertz CT molecular complexity index is 543. The molecule has 2 aromatic carbocycles. The third-order valence-corrected chi connectivity index (χ3v) is 3.29. The van der Waals surface area contributed by atoms with Crippen LogP contribution in [-0.2, 0) is 6.42 Å². The molecule has 17 heavy (non-hydrogen) atoms. The van der Waals surface area contributed by atoms with E-state index in [4.69, 9.17) is 0 Å². The molecule has 0 saturated heterocycles. The number of hydrogen-bond donors (Lipinski definition) is 0. The van der Waals surface area contributed by atoms with Crippen molar-refractivity contribution >= 4 is 10.8 Å². The molecule has 0 spiro atoms. The van der Waals surface area contributed by atoms with E-state index in [1.807, 2.05) is 0 Å². The van der Waals surface area contributed by atoms with Crippen LogP contribution in [0.2, 0.25) is 0 Å². The van der Waals surface area contributed by atoms with E-state index in [1.54, 1.807) is 0 Å². The van der Waals surface area contributed by atoms with Crippen molar-refractivity contribution in [2.75, 3.05) is 0 Å². The van der Waals surface area contributed by atoms with Crippen LogP contribution < -0.4 is 0 Å². The molecule has 0 amide bonds. The minimum atomic E-state index is 0.0980. The highest BCUT2D eigenvalue weighted by Gasteiger charge is 2.14. The predicted octanol–water partition coefficient (Wildman–Crippen LogP) is 4.18. The minimum Gasteiger partial charge on any atom is -0.198 e. The lowest BCUT2D eigenvalue weighted by Gasteiger charge is -2.14. The second-order valence-electron chi connectivity index (χ2n) is 4.82. The maximum absolute atomic E-state index is 9.18.